The number of hydrogen-bond acceptors (Lipinski definition) is 2. The summed E-state index contributed by atoms with van der Waals surface area (Å²) in [6.07, 6.45) is 2.43. The van der Waals surface area contributed by atoms with Crippen molar-refractivity contribution in [3.8, 4) is 9.75 Å². The van der Waals surface area contributed by atoms with Crippen molar-refractivity contribution in [1.82, 2.24) is 0 Å². The Labute approximate surface area is 137 Å². The van der Waals surface area contributed by atoms with Gasteiger partial charge in [-0.15, -0.1) is 22.7 Å². The van der Waals surface area contributed by atoms with Crippen molar-refractivity contribution in [2.45, 2.75) is 71.6 Å². The minimum Gasteiger partial charge on any atom is -0.139 e. The molecule has 21 heavy (non-hydrogen) atoms. The van der Waals surface area contributed by atoms with E-state index in [1.165, 1.54) is 12.8 Å². The number of thiophene rings is 2. The van der Waals surface area contributed by atoms with Crippen molar-refractivity contribution in [2.24, 2.45) is 0 Å². The third-order valence-corrected chi connectivity index (χ3v) is 8.12. The lowest BCUT2D eigenvalue weighted by molar-refractivity contribution is 0.491. The summed E-state index contributed by atoms with van der Waals surface area (Å²) in [5.41, 5.74) is 3.52. The molecule has 0 radical (unpaired) electrons. The second-order valence-corrected chi connectivity index (χ2v) is 9.05. The van der Waals surface area contributed by atoms with E-state index in [9.17, 15) is 0 Å². The summed E-state index contributed by atoms with van der Waals surface area (Å²) in [5, 5.41) is 0. The molecule has 0 aromatic carbocycles. The Bertz CT molecular complexity index is 597. The van der Waals surface area contributed by atoms with E-state index >= 15 is 0 Å². The molecule has 0 bridgehead atoms. The smallest absolute Gasteiger partial charge is 0.0489 e. The molecule has 0 N–H and O–H groups in total. The molecule has 114 valence electrons. The Morgan fingerprint density at radius 3 is 1.48 bits per heavy atom. The third-order valence-electron chi connectivity index (χ3n) is 5.08. The number of rotatable bonds is 4. The topological polar surface area (TPSA) is 0 Å². The summed E-state index contributed by atoms with van der Waals surface area (Å²) in [5.74, 6) is 1.28. The predicted molar refractivity (Wildman–Crippen MR) is 97.2 cm³/mol. The summed E-state index contributed by atoms with van der Waals surface area (Å²) in [6.45, 7) is 14.0. The summed E-state index contributed by atoms with van der Waals surface area (Å²) in [6, 6.07) is 5.03. The minimum absolute atomic E-state index is 0.276. The molecule has 2 aromatic heterocycles. The van der Waals surface area contributed by atoms with Gasteiger partial charge in [0.05, 0.1) is 0 Å². The molecule has 2 heterocycles. The van der Waals surface area contributed by atoms with Crippen LogP contribution in [0.25, 0.3) is 9.75 Å². The van der Waals surface area contributed by atoms with Crippen LogP contribution in [0.5, 0.6) is 0 Å². The summed E-state index contributed by atoms with van der Waals surface area (Å²) < 4.78 is 0. The van der Waals surface area contributed by atoms with Gasteiger partial charge in [0.25, 0.3) is 0 Å². The molecular formula is C19H26S2. The normalized spacial score (nSPS) is 15.8. The minimum atomic E-state index is 0.276. The van der Waals surface area contributed by atoms with Crippen LogP contribution in [0.3, 0.4) is 0 Å². The molecule has 0 saturated carbocycles. The van der Waals surface area contributed by atoms with Crippen molar-refractivity contribution < 1.29 is 0 Å². The molecule has 0 spiro atoms. The van der Waals surface area contributed by atoms with Crippen LogP contribution < -0.4 is 0 Å². The van der Waals surface area contributed by atoms with E-state index in [2.05, 4.69) is 53.7 Å². The van der Waals surface area contributed by atoms with Crippen molar-refractivity contribution in [3.63, 3.8) is 0 Å². The predicted octanol–water partition coefficient (Wildman–Crippen LogP) is 7.14. The zero-order chi connectivity index (χ0) is 15.4. The maximum Gasteiger partial charge on any atom is 0.0489 e. The van der Waals surface area contributed by atoms with E-state index in [4.69, 9.17) is 0 Å². The van der Waals surface area contributed by atoms with Crippen LogP contribution in [0.2, 0.25) is 0 Å². The standard InChI is InChI=1S/C19H26S2/c1-7-19(8-2)13-9-15(11(3)4)20-17(13)18-14(19)10-16(21-18)12(5)6/h9-12H,7-8H2,1-6H3. The fourth-order valence-corrected chi connectivity index (χ4v) is 6.27. The highest BCUT2D eigenvalue weighted by molar-refractivity contribution is 7.22. The molecule has 1 aliphatic rings. The lowest BCUT2D eigenvalue weighted by atomic mass is 9.74. The first-order chi connectivity index (χ1) is 9.94. The van der Waals surface area contributed by atoms with E-state index in [-0.39, 0.29) is 5.41 Å². The highest BCUT2D eigenvalue weighted by Crippen LogP contribution is 2.59. The van der Waals surface area contributed by atoms with Crippen molar-refractivity contribution >= 4 is 22.7 Å². The average molecular weight is 319 g/mol. The van der Waals surface area contributed by atoms with Gasteiger partial charge in [-0.1, -0.05) is 41.5 Å². The van der Waals surface area contributed by atoms with Crippen LogP contribution in [0, 0.1) is 0 Å². The van der Waals surface area contributed by atoms with Gasteiger partial charge in [-0.2, -0.15) is 0 Å². The lowest BCUT2D eigenvalue weighted by Crippen LogP contribution is -2.22. The van der Waals surface area contributed by atoms with Gasteiger partial charge in [0.15, 0.2) is 0 Å². The van der Waals surface area contributed by atoms with Gasteiger partial charge in [0.2, 0.25) is 0 Å². The molecule has 0 aliphatic heterocycles. The molecule has 1 aliphatic carbocycles. The fourth-order valence-electron chi connectivity index (χ4n) is 3.59. The lowest BCUT2D eigenvalue weighted by Gasteiger charge is -2.28. The van der Waals surface area contributed by atoms with Crippen LogP contribution >= 0.6 is 22.7 Å². The van der Waals surface area contributed by atoms with Gasteiger partial charge in [0.1, 0.15) is 0 Å². The highest BCUT2D eigenvalue weighted by Gasteiger charge is 2.43. The zero-order valence-electron chi connectivity index (χ0n) is 14.0. The molecule has 3 rings (SSSR count). The van der Waals surface area contributed by atoms with E-state index in [1.807, 2.05) is 22.7 Å². The van der Waals surface area contributed by atoms with Crippen LogP contribution in [0.15, 0.2) is 12.1 Å². The third kappa shape index (κ3) is 2.06. The SMILES string of the molecule is CCC1(CC)c2cc(C(C)C)sc2-c2sc(C(C)C)cc21. The molecule has 2 aromatic rings. The van der Waals surface area contributed by atoms with Gasteiger partial charge in [-0.3, -0.25) is 0 Å². The van der Waals surface area contributed by atoms with Gasteiger partial charge in [-0.25, -0.2) is 0 Å². The van der Waals surface area contributed by atoms with Gasteiger partial charge >= 0.3 is 0 Å². The molecule has 0 saturated heterocycles. The maximum absolute atomic E-state index is 2.51. The van der Waals surface area contributed by atoms with Gasteiger partial charge in [-0.05, 0) is 47.9 Å². The van der Waals surface area contributed by atoms with E-state index in [1.54, 1.807) is 30.6 Å². The molecule has 0 fully saturated rings. The first-order valence-corrected chi connectivity index (χ1v) is 9.86. The van der Waals surface area contributed by atoms with Crippen molar-refractivity contribution in [3.05, 3.63) is 33.0 Å². The molecule has 0 nitrogen and oxygen atoms in total. The summed E-state index contributed by atoms with van der Waals surface area (Å²) >= 11 is 4.08. The van der Waals surface area contributed by atoms with E-state index in [0.717, 1.165) is 0 Å². The number of hydrogen-bond donors (Lipinski definition) is 0. The second kappa shape index (κ2) is 5.24. The first kappa shape index (κ1) is 15.3. The Morgan fingerprint density at radius 1 is 0.810 bits per heavy atom. The summed E-state index contributed by atoms with van der Waals surface area (Å²) in [4.78, 5) is 6.26. The molecule has 0 amide bonds. The second-order valence-electron chi connectivity index (χ2n) is 6.88. The highest BCUT2D eigenvalue weighted by atomic mass is 32.1. The Balaban J connectivity index is 2.25. The van der Waals surface area contributed by atoms with Gasteiger partial charge < -0.3 is 0 Å². The van der Waals surface area contributed by atoms with Gasteiger partial charge in [0, 0.05) is 24.9 Å². The first-order valence-electron chi connectivity index (χ1n) is 8.23. The quantitative estimate of drug-likeness (QED) is 0.562. The Morgan fingerprint density at radius 2 is 1.19 bits per heavy atom. The molecule has 0 atom stereocenters. The maximum atomic E-state index is 2.51. The Kier molecular flexibility index (Phi) is 3.82. The Hall–Kier alpha value is -0.600. The van der Waals surface area contributed by atoms with Crippen molar-refractivity contribution in [2.75, 3.05) is 0 Å². The van der Waals surface area contributed by atoms with Crippen LogP contribution in [-0.2, 0) is 5.41 Å². The fraction of sp³-hybridized carbons (Fsp3) is 0.579. The van der Waals surface area contributed by atoms with Crippen molar-refractivity contribution in [1.29, 1.82) is 0 Å². The number of fused-ring (bicyclic) bond motifs is 3. The zero-order valence-corrected chi connectivity index (χ0v) is 15.7. The average Bonchev–Trinajstić information content (AvgIpc) is 3.08. The van der Waals surface area contributed by atoms with Crippen LogP contribution in [0.4, 0.5) is 0 Å². The monoisotopic (exact) mass is 318 g/mol. The largest absolute Gasteiger partial charge is 0.139 e. The van der Waals surface area contributed by atoms with Crippen LogP contribution in [0.1, 0.15) is 87.1 Å². The molecular weight excluding hydrogens is 292 g/mol. The van der Waals surface area contributed by atoms with E-state index < -0.39 is 0 Å². The molecule has 0 unspecified atom stereocenters. The molecule has 2 heteroatoms. The van der Waals surface area contributed by atoms with E-state index in [0.29, 0.717) is 11.8 Å². The summed E-state index contributed by atoms with van der Waals surface area (Å²) in [7, 11) is 0. The van der Waals surface area contributed by atoms with Crippen LogP contribution in [-0.4, -0.2) is 0 Å².